The number of carbonyl (C=O) groups excluding carboxylic acids is 2. The highest BCUT2D eigenvalue weighted by Crippen LogP contribution is 2.32. The third-order valence-corrected chi connectivity index (χ3v) is 3.10. The van der Waals surface area contributed by atoms with Crippen molar-refractivity contribution >= 4 is 35.0 Å². The van der Waals surface area contributed by atoms with Crippen molar-refractivity contribution in [2.45, 2.75) is 26.4 Å². The van der Waals surface area contributed by atoms with Gasteiger partial charge in [0.25, 0.3) is 0 Å². The van der Waals surface area contributed by atoms with Crippen LogP contribution in [0.25, 0.3) is 0 Å². The monoisotopic (exact) mass is 341 g/mol. The molecule has 0 heterocycles. The topological polar surface area (TPSA) is 61.9 Å². The number of hydrogen-bond donors (Lipinski definition) is 1. The van der Waals surface area contributed by atoms with E-state index >= 15 is 0 Å². The molecule has 0 fully saturated rings. The van der Waals surface area contributed by atoms with Gasteiger partial charge in [-0.15, -0.1) is 0 Å². The van der Waals surface area contributed by atoms with Gasteiger partial charge in [0.2, 0.25) is 5.91 Å². The lowest BCUT2D eigenvalue weighted by Crippen LogP contribution is -2.38. The van der Waals surface area contributed by atoms with E-state index in [-0.39, 0.29) is 12.5 Å². The molecule has 1 aromatic rings. The first-order chi connectivity index (χ1) is 10.5. The molecule has 1 aromatic carbocycles. The van der Waals surface area contributed by atoms with E-state index in [1.165, 1.54) is 11.9 Å². The molecule has 0 bridgehead atoms. The number of benzene rings is 1. The van der Waals surface area contributed by atoms with Crippen LogP contribution in [0, 0.1) is 0 Å². The van der Waals surface area contributed by atoms with Crippen molar-refractivity contribution in [3.63, 3.8) is 0 Å². The molecule has 0 aliphatic heterocycles. The lowest BCUT2D eigenvalue weighted by Gasteiger charge is -2.24. The first-order valence-electron chi connectivity index (χ1n) is 7.21. The third-order valence-electron chi connectivity index (χ3n) is 2.79. The number of ether oxygens (including phenoxy) is 1. The van der Waals surface area contributed by atoms with E-state index in [0.717, 1.165) is 0 Å². The fourth-order valence-electron chi connectivity index (χ4n) is 1.88. The molecule has 6 nitrogen and oxygen atoms in total. The van der Waals surface area contributed by atoms with Gasteiger partial charge in [-0.1, -0.05) is 17.7 Å². The average Bonchev–Trinajstić information content (AvgIpc) is 2.35. The van der Waals surface area contributed by atoms with Crippen LogP contribution < -0.4 is 10.2 Å². The summed E-state index contributed by atoms with van der Waals surface area (Å²) in [6, 6.07) is 5.26. The van der Waals surface area contributed by atoms with Crippen molar-refractivity contribution in [1.82, 2.24) is 4.90 Å². The molecule has 128 valence electrons. The molecule has 0 spiro atoms. The summed E-state index contributed by atoms with van der Waals surface area (Å²) in [5, 5.41) is 3.30. The second kappa shape index (κ2) is 7.55. The van der Waals surface area contributed by atoms with Crippen LogP contribution in [0.4, 0.5) is 16.2 Å². The van der Waals surface area contributed by atoms with Crippen LogP contribution in [0.5, 0.6) is 0 Å². The molecular formula is C16H24ClN3O3. The summed E-state index contributed by atoms with van der Waals surface area (Å²) in [5.41, 5.74) is 0.694. The number of halogens is 1. The summed E-state index contributed by atoms with van der Waals surface area (Å²) >= 11 is 6.16. The Kier molecular flexibility index (Phi) is 6.27. The smallest absolute Gasteiger partial charge is 0.410 e. The van der Waals surface area contributed by atoms with Crippen LogP contribution in [0.2, 0.25) is 5.02 Å². The molecule has 0 atom stereocenters. The lowest BCUT2D eigenvalue weighted by atomic mass is 10.2. The number of carbonyl (C=O) groups is 2. The highest BCUT2D eigenvalue weighted by molar-refractivity contribution is 6.34. The van der Waals surface area contributed by atoms with Gasteiger partial charge in [0.05, 0.1) is 16.4 Å². The van der Waals surface area contributed by atoms with Crippen LogP contribution in [0.15, 0.2) is 18.2 Å². The van der Waals surface area contributed by atoms with Crippen molar-refractivity contribution in [2.75, 3.05) is 37.9 Å². The Hall–Kier alpha value is -1.95. The fraction of sp³-hybridized carbons (Fsp3) is 0.500. The van der Waals surface area contributed by atoms with Crippen molar-refractivity contribution < 1.29 is 14.3 Å². The maximum atomic E-state index is 12.2. The average molecular weight is 342 g/mol. The standard InChI is InChI=1S/C16H24ClN3O3/c1-16(2,3)23-15(22)20(6)10-13(21)18-12-9-7-8-11(17)14(12)19(4)5/h7-9H,10H2,1-6H3,(H,18,21). The molecule has 7 heteroatoms. The number of nitrogens with one attached hydrogen (secondary N) is 1. The number of rotatable bonds is 4. The van der Waals surface area contributed by atoms with Gasteiger partial charge >= 0.3 is 6.09 Å². The van der Waals surface area contributed by atoms with Crippen molar-refractivity contribution in [3.05, 3.63) is 23.2 Å². The van der Waals surface area contributed by atoms with Gasteiger partial charge in [-0.25, -0.2) is 4.79 Å². The van der Waals surface area contributed by atoms with E-state index in [1.807, 2.05) is 19.0 Å². The highest BCUT2D eigenvalue weighted by Gasteiger charge is 2.21. The predicted molar refractivity (Wildman–Crippen MR) is 93.3 cm³/mol. The Morgan fingerprint density at radius 3 is 2.35 bits per heavy atom. The van der Waals surface area contributed by atoms with Crippen LogP contribution in [0.1, 0.15) is 20.8 Å². The number of para-hydroxylation sites is 1. The SMILES string of the molecule is CN(CC(=O)Nc1cccc(Cl)c1N(C)C)C(=O)OC(C)(C)C. The molecule has 0 aromatic heterocycles. The van der Waals surface area contributed by atoms with Gasteiger partial charge in [-0.2, -0.15) is 0 Å². The minimum atomic E-state index is -0.604. The fourth-order valence-corrected chi connectivity index (χ4v) is 2.22. The van der Waals surface area contributed by atoms with Crippen LogP contribution in [-0.2, 0) is 9.53 Å². The first-order valence-corrected chi connectivity index (χ1v) is 7.59. The predicted octanol–water partition coefficient (Wildman–Crippen LogP) is 3.21. The summed E-state index contributed by atoms with van der Waals surface area (Å²) in [6.45, 7) is 5.20. The molecule has 2 amide bonds. The number of hydrogen-bond acceptors (Lipinski definition) is 4. The second-order valence-electron chi connectivity index (χ2n) is 6.42. The molecule has 23 heavy (non-hydrogen) atoms. The zero-order chi connectivity index (χ0) is 17.8. The molecule has 1 N–H and O–H groups in total. The molecule has 0 aliphatic rings. The minimum absolute atomic E-state index is 0.117. The van der Waals surface area contributed by atoms with Crippen LogP contribution >= 0.6 is 11.6 Å². The molecule has 0 aliphatic carbocycles. The molecular weight excluding hydrogens is 318 g/mol. The molecule has 1 rings (SSSR count). The molecule has 0 radical (unpaired) electrons. The minimum Gasteiger partial charge on any atom is -0.444 e. The van der Waals surface area contributed by atoms with Crippen molar-refractivity contribution in [3.8, 4) is 0 Å². The summed E-state index contributed by atoms with van der Waals surface area (Å²) < 4.78 is 5.21. The van der Waals surface area contributed by atoms with Crippen molar-refractivity contribution in [2.24, 2.45) is 0 Å². The Morgan fingerprint density at radius 2 is 1.83 bits per heavy atom. The van der Waals surface area contributed by atoms with Gasteiger partial charge in [0.15, 0.2) is 0 Å². The van der Waals surface area contributed by atoms with Gasteiger partial charge in [0, 0.05) is 21.1 Å². The third kappa shape index (κ3) is 5.98. The van der Waals surface area contributed by atoms with Crippen molar-refractivity contribution in [1.29, 1.82) is 0 Å². The Labute approximate surface area is 142 Å². The Morgan fingerprint density at radius 1 is 1.22 bits per heavy atom. The van der Waals surface area contributed by atoms with Gasteiger partial charge in [0.1, 0.15) is 12.1 Å². The van der Waals surface area contributed by atoms with E-state index in [4.69, 9.17) is 16.3 Å². The summed E-state index contributed by atoms with van der Waals surface area (Å²) in [7, 11) is 5.19. The first kappa shape index (κ1) is 19.1. The van der Waals surface area contributed by atoms with Crippen LogP contribution in [0.3, 0.4) is 0 Å². The summed E-state index contributed by atoms with van der Waals surface area (Å²) in [5.74, 6) is -0.330. The number of nitrogens with zero attached hydrogens (tertiary/aromatic N) is 2. The summed E-state index contributed by atoms with van der Waals surface area (Å²) in [4.78, 5) is 27.1. The van der Waals surface area contributed by atoms with Gasteiger partial charge < -0.3 is 19.9 Å². The Bertz CT molecular complexity index is 582. The van der Waals surface area contributed by atoms with E-state index in [1.54, 1.807) is 39.0 Å². The van der Waals surface area contributed by atoms with Crippen LogP contribution in [-0.4, -0.2) is 50.2 Å². The van der Waals surface area contributed by atoms with E-state index in [2.05, 4.69) is 5.32 Å². The van der Waals surface area contributed by atoms with Gasteiger partial charge in [-0.05, 0) is 32.9 Å². The zero-order valence-electron chi connectivity index (χ0n) is 14.4. The maximum absolute atomic E-state index is 12.2. The maximum Gasteiger partial charge on any atom is 0.410 e. The van der Waals surface area contributed by atoms with E-state index in [9.17, 15) is 9.59 Å². The van der Waals surface area contributed by atoms with E-state index < -0.39 is 11.7 Å². The largest absolute Gasteiger partial charge is 0.444 e. The van der Waals surface area contributed by atoms with Gasteiger partial charge in [-0.3, -0.25) is 4.79 Å². The highest BCUT2D eigenvalue weighted by atomic mass is 35.5. The quantitative estimate of drug-likeness (QED) is 0.913. The lowest BCUT2D eigenvalue weighted by molar-refractivity contribution is -0.117. The number of anilines is 2. The molecule has 0 saturated carbocycles. The number of amides is 2. The Balaban J connectivity index is 2.75. The summed E-state index contributed by atoms with van der Waals surface area (Å²) in [6.07, 6.45) is -0.549. The zero-order valence-corrected chi connectivity index (χ0v) is 15.2. The number of likely N-dealkylation sites (N-methyl/N-ethyl adjacent to an activating group) is 1. The molecule has 0 saturated heterocycles. The second-order valence-corrected chi connectivity index (χ2v) is 6.82. The molecule has 0 unspecified atom stereocenters. The normalized spacial score (nSPS) is 10.9. The van der Waals surface area contributed by atoms with E-state index in [0.29, 0.717) is 16.4 Å².